The van der Waals surface area contributed by atoms with Gasteiger partial charge in [0.25, 0.3) is 5.91 Å². The number of ether oxygens (including phenoxy) is 2. The lowest BCUT2D eigenvalue weighted by Gasteiger charge is -2.17. The maximum atomic E-state index is 12.4. The van der Waals surface area contributed by atoms with Crippen LogP contribution in [-0.4, -0.2) is 48.4 Å². The van der Waals surface area contributed by atoms with Crippen molar-refractivity contribution in [3.8, 4) is 11.5 Å². The third-order valence-corrected chi connectivity index (χ3v) is 5.32. The molecule has 2 rings (SSSR count). The van der Waals surface area contributed by atoms with E-state index >= 15 is 0 Å². The second-order valence-corrected chi connectivity index (χ2v) is 7.99. The maximum absolute atomic E-state index is 12.4. The number of rotatable bonds is 8. The first-order valence-corrected chi connectivity index (χ1v) is 10.1. The van der Waals surface area contributed by atoms with Crippen molar-refractivity contribution in [1.82, 2.24) is 5.32 Å². The van der Waals surface area contributed by atoms with Crippen LogP contribution in [0.2, 0.25) is 0 Å². The third-order valence-electron chi connectivity index (χ3n) is 4.12. The Kier molecular flexibility index (Phi) is 6.68. The summed E-state index contributed by atoms with van der Waals surface area (Å²) in [4.78, 5) is 12.4. The molecule has 0 atom stereocenters. The molecule has 0 heterocycles. The molecule has 0 aliphatic rings. The second-order valence-electron chi connectivity index (χ2n) is 5.98. The summed E-state index contributed by atoms with van der Waals surface area (Å²) in [6, 6.07) is 12.1. The highest BCUT2D eigenvalue weighted by Crippen LogP contribution is 2.27. The first-order chi connectivity index (χ1) is 12.8. The van der Waals surface area contributed by atoms with Crippen LogP contribution in [-0.2, 0) is 16.4 Å². The number of benzene rings is 2. The maximum Gasteiger partial charge on any atom is 0.251 e. The Morgan fingerprint density at radius 3 is 2.41 bits per heavy atom. The quantitative estimate of drug-likeness (QED) is 0.743. The molecule has 7 nitrogen and oxygen atoms in total. The van der Waals surface area contributed by atoms with Gasteiger partial charge in [-0.2, -0.15) is 0 Å². The lowest BCUT2D eigenvalue weighted by atomic mass is 10.1. The van der Waals surface area contributed by atoms with Gasteiger partial charge in [-0.25, -0.2) is 8.42 Å². The lowest BCUT2D eigenvalue weighted by Crippen LogP contribution is -2.27. The number of hydrogen-bond acceptors (Lipinski definition) is 5. The van der Waals surface area contributed by atoms with Crippen LogP contribution in [0, 0.1) is 0 Å². The molecule has 146 valence electrons. The third kappa shape index (κ3) is 5.37. The zero-order valence-corrected chi connectivity index (χ0v) is 16.7. The highest BCUT2D eigenvalue weighted by molar-refractivity contribution is 7.92. The van der Waals surface area contributed by atoms with Crippen LogP contribution in [0.25, 0.3) is 0 Å². The van der Waals surface area contributed by atoms with E-state index in [1.165, 1.54) is 7.05 Å². The number of anilines is 1. The molecule has 0 saturated carbocycles. The van der Waals surface area contributed by atoms with E-state index in [2.05, 4.69) is 5.32 Å². The predicted molar refractivity (Wildman–Crippen MR) is 105 cm³/mol. The largest absolute Gasteiger partial charge is 0.493 e. The number of carbonyl (C=O) groups is 1. The van der Waals surface area contributed by atoms with Crippen molar-refractivity contribution in [3.05, 3.63) is 53.6 Å². The van der Waals surface area contributed by atoms with E-state index in [0.717, 1.165) is 16.1 Å². The Labute approximate surface area is 160 Å². The van der Waals surface area contributed by atoms with Gasteiger partial charge < -0.3 is 14.8 Å². The summed E-state index contributed by atoms with van der Waals surface area (Å²) in [5.74, 6) is 1.02. The molecule has 0 aliphatic heterocycles. The van der Waals surface area contributed by atoms with Crippen LogP contribution in [0.15, 0.2) is 42.5 Å². The molecule has 0 fully saturated rings. The lowest BCUT2D eigenvalue weighted by molar-refractivity contribution is 0.0954. The minimum Gasteiger partial charge on any atom is -0.493 e. The van der Waals surface area contributed by atoms with Crippen LogP contribution in [0.5, 0.6) is 11.5 Å². The Morgan fingerprint density at radius 1 is 1.07 bits per heavy atom. The van der Waals surface area contributed by atoms with Crippen LogP contribution in [0.1, 0.15) is 15.9 Å². The van der Waals surface area contributed by atoms with E-state index in [0.29, 0.717) is 35.7 Å². The van der Waals surface area contributed by atoms with Crippen molar-refractivity contribution in [2.45, 2.75) is 6.42 Å². The summed E-state index contributed by atoms with van der Waals surface area (Å²) < 4.78 is 34.9. The number of methoxy groups -OCH3 is 2. The molecule has 0 radical (unpaired) electrons. The standard InChI is InChI=1S/C19H24N2O5S/c1-21(27(4,23)24)16-7-5-6-15(13-16)19(22)20-11-10-14-8-9-17(25-2)18(12-14)26-3/h5-9,12-13H,10-11H2,1-4H3,(H,20,22). The van der Waals surface area contributed by atoms with E-state index in [1.54, 1.807) is 38.5 Å². The van der Waals surface area contributed by atoms with E-state index in [4.69, 9.17) is 9.47 Å². The molecular weight excluding hydrogens is 368 g/mol. The first-order valence-electron chi connectivity index (χ1n) is 8.29. The van der Waals surface area contributed by atoms with Gasteiger partial charge in [-0.1, -0.05) is 12.1 Å². The fourth-order valence-corrected chi connectivity index (χ4v) is 2.99. The van der Waals surface area contributed by atoms with Crippen molar-refractivity contribution in [2.75, 3.05) is 38.4 Å². The fourth-order valence-electron chi connectivity index (χ4n) is 2.49. The Morgan fingerprint density at radius 2 is 1.78 bits per heavy atom. The second kappa shape index (κ2) is 8.77. The molecule has 1 N–H and O–H groups in total. The Bertz CT molecular complexity index is 912. The van der Waals surface area contributed by atoms with E-state index < -0.39 is 10.0 Å². The van der Waals surface area contributed by atoms with Gasteiger partial charge in [-0.15, -0.1) is 0 Å². The van der Waals surface area contributed by atoms with Crippen LogP contribution in [0.3, 0.4) is 0 Å². The SMILES string of the molecule is COc1ccc(CCNC(=O)c2cccc(N(C)S(C)(=O)=O)c2)cc1OC. The summed E-state index contributed by atoms with van der Waals surface area (Å²) in [7, 11) is 1.21. The molecule has 1 amide bonds. The van der Waals surface area contributed by atoms with Crippen molar-refractivity contribution >= 4 is 21.6 Å². The zero-order valence-electron chi connectivity index (χ0n) is 15.9. The minimum atomic E-state index is -3.38. The van der Waals surface area contributed by atoms with Gasteiger partial charge in [0.1, 0.15) is 0 Å². The molecule has 8 heteroatoms. The van der Waals surface area contributed by atoms with Crippen molar-refractivity contribution in [1.29, 1.82) is 0 Å². The van der Waals surface area contributed by atoms with E-state index in [-0.39, 0.29) is 5.91 Å². The molecule has 0 aromatic heterocycles. The van der Waals surface area contributed by atoms with Crippen molar-refractivity contribution < 1.29 is 22.7 Å². The summed E-state index contributed by atoms with van der Waals surface area (Å²) in [6.45, 7) is 0.431. The normalized spacial score (nSPS) is 11.0. The van der Waals surface area contributed by atoms with Crippen molar-refractivity contribution in [2.24, 2.45) is 0 Å². The van der Waals surface area contributed by atoms with Crippen LogP contribution < -0.4 is 19.1 Å². The Balaban J connectivity index is 2.00. The molecular formula is C19H24N2O5S. The first kappa shape index (κ1) is 20.6. The minimum absolute atomic E-state index is 0.265. The van der Waals surface area contributed by atoms with Gasteiger partial charge in [-0.3, -0.25) is 9.10 Å². The number of amides is 1. The molecule has 2 aromatic rings. The van der Waals surface area contributed by atoms with Gasteiger partial charge in [-0.05, 0) is 42.3 Å². The number of nitrogens with one attached hydrogen (secondary N) is 1. The monoisotopic (exact) mass is 392 g/mol. The topological polar surface area (TPSA) is 84.9 Å². The van der Waals surface area contributed by atoms with E-state index in [1.807, 2.05) is 18.2 Å². The average molecular weight is 392 g/mol. The van der Waals surface area contributed by atoms with Gasteiger partial charge in [0.2, 0.25) is 10.0 Å². The summed E-state index contributed by atoms with van der Waals surface area (Å²) >= 11 is 0. The van der Waals surface area contributed by atoms with Crippen LogP contribution in [0.4, 0.5) is 5.69 Å². The van der Waals surface area contributed by atoms with Gasteiger partial charge in [0, 0.05) is 19.2 Å². The van der Waals surface area contributed by atoms with Gasteiger partial charge in [0.05, 0.1) is 26.2 Å². The highest BCUT2D eigenvalue weighted by atomic mass is 32.2. The summed E-state index contributed by atoms with van der Waals surface area (Å²) in [5, 5.41) is 2.84. The van der Waals surface area contributed by atoms with Gasteiger partial charge in [0.15, 0.2) is 11.5 Å². The highest BCUT2D eigenvalue weighted by Gasteiger charge is 2.14. The molecule has 0 bridgehead atoms. The number of nitrogens with zero attached hydrogens (tertiary/aromatic N) is 1. The molecule has 2 aromatic carbocycles. The molecule has 0 unspecified atom stereocenters. The molecule has 0 spiro atoms. The van der Waals surface area contributed by atoms with Crippen molar-refractivity contribution in [3.63, 3.8) is 0 Å². The summed E-state index contributed by atoms with van der Waals surface area (Å²) in [5.41, 5.74) is 1.83. The van der Waals surface area contributed by atoms with E-state index in [9.17, 15) is 13.2 Å². The number of carbonyl (C=O) groups excluding carboxylic acids is 1. The molecule has 27 heavy (non-hydrogen) atoms. The number of hydrogen-bond donors (Lipinski definition) is 1. The molecule has 0 aliphatic carbocycles. The summed E-state index contributed by atoms with van der Waals surface area (Å²) in [6.07, 6.45) is 1.73. The Hall–Kier alpha value is -2.74. The smallest absolute Gasteiger partial charge is 0.251 e. The van der Waals surface area contributed by atoms with Crippen LogP contribution >= 0.6 is 0 Å². The van der Waals surface area contributed by atoms with Gasteiger partial charge >= 0.3 is 0 Å². The fraction of sp³-hybridized carbons (Fsp3) is 0.316. The average Bonchev–Trinajstić information content (AvgIpc) is 2.66. The molecule has 0 saturated heterocycles. The number of sulfonamides is 1. The predicted octanol–water partition coefficient (Wildman–Crippen LogP) is 2.07. The zero-order chi connectivity index (χ0) is 20.0.